The first-order valence-corrected chi connectivity index (χ1v) is 7.66. The number of benzene rings is 1. The van der Waals surface area contributed by atoms with Crippen LogP contribution in [0.2, 0.25) is 0 Å². The van der Waals surface area contributed by atoms with Gasteiger partial charge in [-0.1, -0.05) is 30.3 Å². The molecule has 0 spiro atoms. The van der Waals surface area contributed by atoms with Crippen LogP contribution in [0, 0.1) is 5.41 Å². The Balaban J connectivity index is 1.96. The fourth-order valence-electron chi connectivity index (χ4n) is 2.07. The quantitative estimate of drug-likeness (QED) is 0.344. The van der Waals surface area contributed by atoms with Gasteiger partial charge in [-0.05, 0) is 47.4 Å². The molecule has 1 fully saturated rings. The third kappa shape index (κ3) is 3.08. The highest BCUT2D eigenvalue weighted by atomic mass is 127. The molecule has 19 heavy (non-hydrogen) atoms. The van der Waals surface area contributed by atoms with E-state index in [1.54, 1.807) is 0 Å². The van der Waals surface area contributed by atoms with Gasteiger partial charge in [-0.2, -0.15) is 0 Å². The Kier molecular flexibility index (Phi) is 4.79. The molecule has 0 aliphatic heterocycles. The topological polar surface area (TPSA) is 52.6 Å². The number of ether oxygens (including phenoxy) is 2. The van der Waals surface area contributed by atoms with E-state index in [-0.39, 0.29) is 11.2 Å². The number of esters is 2. The Morgan fingerprint density at radius 1 is 1.11 bits per heavy atom. The lowest BCUT2D eigenvalue weighted by Crippen LogP contribution is -2.47. The summed E-state index contributed by atoms with van der Waals surface area (Å²) in [5.74, 6) is -0.913. The predicted octanol–water partition coefficient (Wildman–Crippen LogP) is 2.84. The molecule has 0 bridgehead atoms. The minimum atomic E-state index is -1.06. The smallest absolute Gasteiger partial charge is 0.324 e. The standard InChI is InChI=1S/C14H15IO4/c15-10-19-13(17)14(7-4-8-14)12(16)18-9-11-5-2-1-3-6-11/h1-3,5-6H,4,7-10H2. The normalized spacial score (nSPS) is 16.3. The van der Waals surface area contributed by atoms with Crippen molar-refractivity contribution in [2.45, 2.75) is 25.9 Å². The van der Waals surface area contributed by atoms with Crippen molar-refractivity contribution in [3.63, 3.8) is 0 Å². The highest BCUT2D eigenvalue weighted by Gasteiger charge is 2.53. The maximum absolute atomic E-state index is 12.1. The Bertz CT molecular complexity index is 454. The van der Waals surface area contributed by atoms with Gasteiger partial charge in [0.05, 0.1) is 0 Å². The molecule has 0 heterocycles. The molecule has 102 valence electrons. The number of hydrogen-bond donors (Lipinski definition) is 0. The summed E-state index contributed by atoms with van der Waals surface area (Å²) in [7, 11) is 0. The van der Waals surface area contributed by atoms with Crippen molar-refractivity contribution in [3.8, 4) is 0 Å². The number of rotatable bonds is 5. The van der Waals surface area contributed by atoms with E-state index in [1.165, 1.54) is 0 Å². The molecule has 0 aromatic heterocycles. The number of hydrogen-bond acceptors (Lipinski definition) is 4. The molecule has 5 heteroatoms. The van der Waals surface area contributed by atoms with Gasteiger partial charge in [-0.25, -0.2) is 0 Å². The average Bonchev–Trinajstić information content (AvgIpc) is 2.36. The van der Waals surface area contributed by atoms with Gasteiger partial charge in [0.25, 0.3) is 0 Å². The molecule has 1 saturated carbocycles. The van der Waals surface area contributed by atoms with Crippen molar-refractivity contribution in [3.05, 3.63) is 35.9 Å². The molecular weight excluding hydrogens is 359 g/mol. The van der Waals surface area contributed by atoms with E-state index in [0.29, 0.717) is 12.8 Å². The Morgan fingerprint density at radius 3 is 2.26 bits per heavy atom. The van der Waals surface area contributed by atoms with E-state index < -0.39 is 17.4 Å². The largest absolute Gasteiger partial charge is 0.460 e. The minimum Gasteiger partial charge on any atom is -0.460 e. The lowest BCUT2D eigenvalue weighted by atomic mass is 9.69. The second kappa shape index (κ2) is 6.36. The maximum Gasteiger partial charge on any atom is 0.324 e. The second-order valence-corrected chi connectivity index (χ2v) is 5.16. The van der Waals surface area contributed by atoms with Gasteiger partial charge >= 0.3 is 11.9 Å². The Hall–Kier alpha value is -1.11. The van der Waals surface area contributed by atoms with Gasteiger partial charge in [0.2, 0.25) is 0 Å². The van der Waals surface area contributed by atoms with Gasteiger partial charge in [0.15, 0.2) is 5.41 Å². The number of halogens is 1. The third-order valence-corrected chi connectivity index (χ3v) is 3.70. The summed E-state index contributed by atoms with van der Waals surface area (Å²) in [5.41, 5.74) is -0.146. The third-order valence-electron chi connectivity index (χ3n) is 3.39. The summed E-state index contributed by atoms with van der Waals surface area (Å²) >= 11 is 1.94. The zero-order valence-corrected chi connectivity index (χ0v) is 12.6. The van der Waals surface area contributed by atoms with Gasteiger partial charge in [-0.15, -0.1) is 0 Å². The van der Waals surface area contributed by atoms with Crippen LogP contribution in [0.25, 0.3) is 0 Å². The molecule has 0 saturated heterocycles. The predicted molar refractivity (Wildman–Crippen MR) is 77.5 cm³/mol. The number of carbonyl (C=O) groups is 2. The van der Waals surface area contributed by atoms with E-state index in [9.17, 15) is 9.59 Å². The molecule has 0 N–H and O–H groups in total. The zero-order chi connectivity index (χ0) is 13.7. The molecule has 4 nitrogen and oxygen atoms in total. The Labute approximate surface area is 125 Å². The summed E-state index contributed by atoms with van der Waals surface area (Å²) in [6.45, 7) is 0.193. The molecule has 0 unspecified atom stereocenters. The molecule has 1 aromatic carbocycles. The highest BCUT2D eigenvalue weighted by Crippen LogP contribution is 2.43. The second-order valence-electron chi connectivity index (χ2n) is 4.54. The molecule has 1 aromatic rings. The van der Waals surface area contributed by atoms with E-state index in [2.05, 4.69) is 0 Å². The molecular formula is C14H15IO4. The maximum atomic E-state index is 12.1. The molecule has 2 rings (SSSR count). The summed E-state index contributed by atoms with van der Waals surface area (Å²) < 4.78 is 10.5. The van der Waals surface area contributed by atoms with Crippen LogP contribution >= 0.6 is 22.6 Å². The van der Waals surface area contributed by atoms with Crippen molar-refractivity contribution in [1.29, 1.82) is 0 Å². The van der Waals surface area contributed by atoms with Gasteiger partial charge in [-0.3, -0.25) is 9.59 Å². The van der Waals surface area contributed by atoms with E-state index >= 15 is 0 Å². The van der Waals surface area contributed by atoms with Crippen LogP contribution in [0.3, 0.4) is 0 Å². The van der Waals surface area contributed by atoms with Crippen LogP contribution in [-0.2, 0) is 25.7 Å². The molecule has 0 atom stereocenters. The van der Waals surface area contributed by atoms with Crippen molar-refractivity contribution in [2.75, 3.05) is 4.61 Å². The van der Waals surface area contributed by atoms with Crippen LogP contribution in [0.1, 0.15) is 24.8 Å². The number of carbonyl (C=O) groups excluding carboxylic acids is 2. The van der Waals surface area contributed by atoms with E-state index in [1.807, 2.05) is 52.9 Å². The summed E-state index contributed by atoms with van der Waals surface area (Å²) in [6.07, 6.45) is 1.91. The fourth-order valence-corrected chi connectivity index (χ4v) is 2.35. The molecule has 0 radical (unpaired) electrons. The van der Waals surface area contributed by atoms with Crippen molar-refractivity contribution >= 4 is 34.5 Å². The van der Waals surface area contributed by atoms with Crippen LogP contribution < -0.4 is 0 Å². The van der Waals surface area contributed by atoms with E-state index in [4.69, 9.17) is 9.47 Å². The molecule has 1 aliphatic carbocycles. The summed E-state index contributed by atoms with van der Waals surface area (Å²) in [5, 5.41) is 0. The number of alkyl halides is 1. The summed E-state index contributed by atoms with van der Waals surface area (Å²) in [4.78, 5) is 24.0. The first-order chi connectivity index (χ1) is 9.19. The zero-order valence-electron chi connectivity index (χ0n) is 10.4. The van der Waals surface area contributed by atoms with Crippen molar-refractivity contribution < 1.29 is 19.1 Å². The van der Waals surface area contributed by atoms with Gasteiger partial charge in [0.1, 0.15) is 11.2 Å². The van der Waals surface area contributed by atoms with E-state index in [0.717, 1.165) is 12.0 Å². The van der Waals surface area contributed by atoms with Crippen molar-refractivity contribution in [1.82, 2.24) is 0 Å². The fraction of sp³-hybridized carbons (Fsp3) is 0.429. The van der Waals surface area contributed by atoms with Crippen LogP contribution in [0.15, 0.2) is 30.3 Å². The molecule has 0 amide bonds. The lowest BCUT2D eigenvalue weighted by molar-refractivity contribution is -0.178. The first-order valence-electron chi connectivity index (χ1n) is 6.13. The monoisotopic (exact) mass is 374 g/mol. The average molecular weight is 374 g/mol. The Morgan fingerprint density at radius 2 is 1.74 bits per heavy atom. The van der Waals surface area contributed by atoms with Crippen LogP contribution in [-0.4, -0.2) is 16.6 Å². The summed E-state index contributed by atoms with van der Waals surface area (Å²) in [6, 6.07) is 9.42. The van der Waals surface area contributed by atoms with Gasteiger partial charge < -0.3 is 9.47 Å². The van der Waals surface area contributed by atoms with Crippen molar-refractivity contribution in [2.24, 2.45) is 5.41 Å². The SMILES string of the molecule is O=C(OCI)C1(C(=O)OCc2ccccc2)CCC1. The van der Waals surface area contributed by atoms with Crippen LogP contribution in [0.4, 0.5) is 0 Å². The lowest BCUT2D eigenvalue weighted by Gasteiger charge is -2.36. The minimum absolute atomic E-state index is 0.193. The molecule has 1 aliphatic rings. The van der Waals surface area contributed by atoms with Crippen LogP contribution in [0.5, 0.6) is 0 Å². The highest BCUT2D eigenvalue weighted by molar-refractivity contribution is 14.1. The van der Waals surface area contributed by atoms with Gasteiger partial charge in [0, 0.05) is 0 Å². The first kappa shape index (κ1) is 14.3.